The average Bonchev–Trinajstić information content (AvgIpc) is 1.56. The molecule has 0 spiro atoms. The molecule has 16 aromatic rings. The smallest absolute Gasteiger partial charge is 0.101 e. The van der Waals surface area contributed by atoms with Gasteiger partial charge in [-0.05, 0) is 164 Å². The first-order valence-electron chi connectivity index (χ1n) is 33.2. The topological polar surface area (TPSA) is 93.1 Å². The molecule has 0 saturated carbocycles. The second-order valence-corrected chi connectivity index (χ2v) is 29.8. The predicted octanol–water partition coefficient (Wildman–Crippen LogP) is 22.8. The Hall–Kier alpha value is -11.3. The van der Waals surface area contributed by atoms with Crippen molar-refractivity contribution in [3.63, 3.8) is 0 Å². The number of hydrogen-bond acceptors (Lipinski definition) is 4. The summed E-state index contributed by atoms with van der Waals surface area (Å²) in [6.07, 6.45) is 7.37. The molecule has 96 heavy (non-hydrogen) atoms. The van der Waals surface area contributed by atoms with Gasteiger partial charge in [-0.25, -0.2) is 0 Å². The van der Waals surface area contributed by atoms with Crippen LogP contribution >= 0.6 is 0 Å². The van der Waals surface area contributed by atoms with E-state index < -0.39 is 0 Å². The minimum atomic E-state index is -0.0258. The summed E-state index contributed by atoms with van der Waals surface area (Å²) in [6, 6.07) is 83.5. The van der Waals surface area contributed by atoms with E-state index in [9.17, 15) is 10.5 Å². The molecule has 6 aromatic heterocycles. The van der Waals surface area contributed by atoms with Gasteiger partial charge in [-0.1, -0.05) is 192 Å². The molecular formula is C88H76N8. The van der Waals surface area contributed by atoms with E-state index >= 15 is 0 Å². The fourth-order valence-electron chi connectivity index (χ4n) is 14.4. The number of nitrogens with zero attached hydrogens (tertiary/aromatic N) is 8. The molecule has 16 rings (SSSR count). The second-order valence-electron chi connectivity index (χ2n) is 29.8. The summed E-state index contributed by atoms with van der Waals surface area (Å²) in [7, 11) is 0. The summed E-state index contributed by atoms with van der Waals surface area (Å²) < 4.78 is 9.24. The molecule has 0 aliphatic carbocycles. The molecule has 10 aromatic carbocycles. The lowest BCUT2D eigenvalue weighted by molar-refractivity contribution is 0.590. The number of pyridine rings is 2. The Labute approximate surface area is 561 Å². The van der Waals surface area contributed by atoms with Gasteiger partial charge in [-0.2, -0.15) is 10.5 Å². The van der Waals surface area contributed by atoms with Crippen LogP contribution in [0.5, 0.6) is 0 Å². The number of nitriles is 2. The van der Waals surface area contributed by atoms with Gasteiger partial charge in [0.2, 0.25) is 0 Å². The first kappa shape index (κ1) is 60.9. The van der Waals surface area contributed by atoms with Crippen molar-refractivity contribution in [2.45, 2.75) is 105 Å². The van der Waals surface area contributed by atoms with Crippen LogP contribution in [0.15, 0.2) is 243 Å². The van der Waals surface area contributed by atoms with Crippen molar-refractivity contribution in [1.29, 1.82) is 10.5 Å². The molecule has 0 unspecified atom stereocenters. The molecule has 468 valence electrons. The number of aromatic nitrogens is 6. The normalized spacial score (nSPS) is 12.4. The highest BCUT2D eigenvalue weighted by Gasteiger charge is 2.28. The number of fused-ring (bicyclic) bond motifs is 12. The van der Waals surface area contributed by atoms with E-state index in [1.165, 1.54) is 65.3 Å². The molecule has 0 radical (unpaired) electrons. The van der Waals surface area contributed by atoms with Crippen LogP contribution in [0.3, 0.4) is 0 Å². The number of para-hydroxylation sites is 4. The van der Waals surface area contributed by atoms with E-state index in [1.807, 2.05) is 24.8 Å². The molecule has 0 amide bonds. The van der Waals surface area contributed by atoms with Crippen molar-refractivity contribution in [3.05, 3.63) is 277 Å². The zero-order chi connectivity index (χ0) is 66.7. The zero-order valence-corrected chi connectivity index (χ0v) is 56.7. The predicted molar refractivity (Wildman–Crippen MR) is 401 cm³/mol. The zero-order valence-electron chi connectivity index (χ0n) is 56.7. The lowest BCUT2D eigenvalue weighted by atomic mass is 9.86. The second kappa shape index (κ2) is 22.7. The van der Waals surface area contributed by atoms with Crippen molar-refractivity contribution < 1.29 is 0 Å². The van der Waals surface area contributed by atoms with E-state index in [0.717, 1.165) is 89.1 Å². The summed E-state index contributed by atoms with van der Waals surface area (Å²) in [5.74, 6) is 0. The van der Waals surface area contributed by atoms with Crippen LogP contribution in [0, 0.1) is 22.7 Å². The third-order valence-electron chi connectivity index (χ3n) is 19.6. The standard InChI is InChI=1S/2C44H38N4/c1-43(2,3)30-15-17-39-35(24-30)32-11-7-9-13-37(32)47(39)41-26-34(28-19-21-46-22-20-28)42(23-29(41)27-45)48-38-14-10-8-12-33(38)36-25-31(44(4,5)6)16-18-40(36)48;1-43(2,3)30-15-17-34-32-11-7-9-13-37(32)47(41(34)24-30)39-26-36(28-19-21-46-22-20-28)40(23-29(39)27-45)48-38-14-10-8-12-33(38)35-18-16-31(25-42(35)48)44(4,5)6/h2*7-26H,1-6H3. The summed E-state index contributed by atoms with van der Waals surface area (Å²) in [5.41, 5.74) is 22.9. The molecule has 0 fully saturated rings. The molecule has 0 saturated heterocycles. The maximum absolute atomic E-state index is 10.9. The molecular weight excluding hydrogens is 1170 g/mol. The van der Waals surface area contributed by atoms with Gasteiger partial charge in [0.05, 0.1) is 78.0 Å². The Kier molecular flexibility index (Phi) is 14.4. The third kappa shape index (κ3) is 10.2. The Morgan fingerprint density at radius 2 is 0.531 bits per heavy atom. The minimum Gasteiger partial charge on any atom is -0.309 e. The van der Waals surface area contributed by atoms with Gasteiger partial charge in [0, 0.05) is 79.0 Å². The van der Waals surface area contributed by atoms with Gasteiger partial charge in [0.25, 0.3) is 0 Å². The highest BCUT2D eigenvalue weighted by Crippen LogP contribution is 2.45. The van der Waals surface area contributed by atoms with Crippen LogP contribution in [0.25, 0.3) is 132 Å². The van der Waals surface area contributed by atoms with Gasteiger partial charge >= 0.3 is 0 Å². The van der Waals surface area contributed by atoms with Crippen LogP contribution in [-0.4, -0.2) is 28.2 Å². The number of hydrogen-bond donors (Lipinski definition) is 0. The van der Waals surface area contributed by atoms with Gasteiger partial charge < -0.3 is 18.3 Å². The van der Waals surface area contributed by atoms with Crippen molar-refractivity contribution in [3.8, 4) is 57.1 Å². The lowest BCUT2D eigenvalue weighted by Crippen LogP contribution is -2.11. The fraction of sp³-hybridized carbons (Fsp3) is 0.182. The van der Waals surface area contributed by atoms with E-state index in [1.54, 1.807) is 0 Å². The van der Waals surface area contributed by atoms with Crippen LogP contribution in [0.4, 0.5) is 0 Å². The largest absolute Gasteiger partial charge is 0.309 e. The molecule has 0 aliphatic rings. The lowest BCUT2D eigenvalue weighted by Gasteiger charge is -2.21. The van der Waals surface area contributed by atoms with Crippen LogP contribution < -0.4 is 0 Å². The maximum atomic E-state index is 10.9. The van der Waals surface area contributed by atoms with Crippen LogP contribution in [0.2, 0.25) is 0 Å². The van der Waals surface area contributed by atoms with Gasteiger partial charge in [-0.15, -0.1) is 0 Å². The molecule has 8 nitrogen and oxygen atoms in total. The average molecular weight is 1250 g/mol. The molecule has 0 atom stereocenters. The number of rotatable bonds is 6. The Balaban J connectivity index is 0.000000158. The summed E-state index contributed by atoms with van der Waals surface area (Å²) in [4.78, 5) is 8.71. The molecule has 6 heterocycles. The van der Waals surface area contributed by atoms with Gasteiger partial charge in [-0.3, -0.25) is 9.97 Å². The Morgan fingerprint density at radius 1 is 0.260 bits per heavy atom. The van der Waals surface area contributed by atoms with Crippen LogP contribution in [0.1, 0.15) is 116 Å². The SMILES string of the molecule is CC(C)(C)c1ccc2c(c1)c1ccccc1n2-c1cc(-c2ccncc2)c(-n2c3ccccc3c3cc(C(C)(C)C)ccc32)cc1C#N.CC(C)(C)c1ccc2c3ccccc3n(-c3cc(-c4ccncc4)c(-n4c5ccccc5c5ccc(C(C)(C)C)cc54)cc3C#N)c2c1. The monoisotopic (exact) mass is 1240 g/mol. The molecule has 0 N–H and O–H groups in total. The number of benzene rings is 10. The summed E-state index contributed by atoms with van der Waals surface area (Å²) in [6.45, 7) is 27.0. The Bertz CT molecular complexity index is 5890. The van der Waals surface area contributed by atoms with Gasteiger partial charge in [0.15, 0.2) is 0 Å². The van der Waals surface area contributed by atoms with E-state index in [-0.39, 0.29) is 21.7 Å². The highest BCUT2D eigenvalue weighted by atomic mass is 15.0. The summed E-state index contributed by atoms with van der Waals surface area (Å²) >= 11 is 0. The molecule has 8 heteroatoms. The van der Waals surface area contributed by atoms with E-state index in [4.69, 9.17) is 0 Å². The highest BCUT2D eigenvalue weighted by molar-refractivity contribution is 6.14. The van der Waals surface area contributed by atoms with E-state index in [2.05, 4.69) is 342 Å². The van der Waals surface area contributed by atoms with Gasteiger partial charge in [0.1, 0.15) is 12.1 Å². The van der Waals surface area contributed by atoms with Crippen LogP contribution in [-0.2, 0) is 21.7 Å². The first-order chi connectivity index (χ1) is 46.1. The quantitative estimate of drug-likeness (QED) is 0.166. The van der Waals surface area contributed by atoms with Crippen molar-refractivity contribution >= 4 is 87.2 Å². The maximum Gasteiger partial charge on any atom is 0.101 e. The third-order valence-corrected chi connectivity index (χ3v) is 19.6. The van der Waals surface area contributed by atoms with Crippen molar-refractivity contribution in [2.24, 2.45) is 0 Å². The molecule has 0 bridgehead atoms. The van der Waals surface area contributed by atoms with E-state index in [0.29, 0.717) is 11.1 Å². The molecule has 0 aliphatic heterocycles. The van der Waals surface area contributed by atoms with Crippen molar-refractivity contribution in [2.75, 3.05) is 0 Å². The first-order valence-corrected chi connectivity index (χ1v) is 33.2. The summed E-state index contributed by atoms with van der Waals surface area (Å²) in [5, 5.41) is 31.3. The minimum absolute atomic E-state index is 0.0152. The fourth-order valence-corrected chi connectivity index (χ4v) is 14.4. The van der Waals surface area contributed by atoms with Crippen molar-refractivity contribution in [1.82, 2.24) is 28.2 Å². The Morgan fingerprint density at radius 3 is 0.875 bits per heavy atom.